The summed E-state index contributed by atoms with van der Waals surface area (Å²) < 4.78 is 7.07. The van der Waals surface area contributed by atoms with Crippen LogP contribution in [0.4, 0.5) is 0 Å². The molecule has 0 bridgehead atoms. The largest absolute Gasteiger partial charge is 0.461 e. The molecule has 1 N–H and O–H groups in total. The number of para-hydroxylation sites is 1. The minimum Gasteiger partial charge on any atom is -0.461 e. The molecule has 0 aliphatic rings. The Hall–Kier alpha value is -2.23. The maximum absolute atomic E-state index is 11.7. The summed E-state index contributed by atoms with van der Waals surface area (Å²) in [7, 11) is 1.99. The van der Waals surface area contributed by atoms with E-state index < -0.39 is 0 Å². The second-order valence-corrected chi connectivity index (χ2v) is 4.24. The molecule has 0 aliphatic carbocycles. The highest BCUT2D eigenvalue weighted by Crippen LogP contribution is 2.28. The Morgan fingerprint density at radius 1 is 1.33 bits per heavy atom. The lowest BCUT2D eigenvalue weighted by molar-refractivity contribution is 0.0520. The number of ether oxygens (including phenoxy) is 1. The van der Waals surface area contributed by atoms with Gasteiger partial charge in [-0.15, -0.1) is 0 Å². The first-order chi connectivity index (χ1) is 8.72. The van der Waals surface area contributed by atoms with Gasteiger partial charge in [-0.05, 0) is 19.1 Å². The molecule has 2 aromatic heterocycles. The Morgan fingerprint density at radius 2 is 2.11 bits per heavy atom. The fourth-order valence-corrected chi connectivity index (χ4v) is 2.34. The van der Waals surface area contributed by atoms with Gasteiger partial charge in [0.15, 0.2) is 0 Å². The average molecular weight is 242 g/mol. The lowest BCUT2D eigenvalue weighted by Gasteiger charge is -1.99. The fourth-order valence-electron chi connectivity index (χ4n) is 2.34. The predicted molar refractivity (Wildman–Crippen MR) is 70.7 cm³/mol. The highest BCUT2D eigenvalue weighted by atomic mass is 16.5. The summed E-state index contributed by atoms with van der Waals surface area (Å²) in [6, 6.07) is 9.95. The van der Waals surface area contributed by atoms with Crippen LogP contribution in [0.3, 0.4) is 0 Å². The van der Waals surface area contributed by atoms with Crippen LogP contribution in [0.5, 0.6) is 0 Å². The van der Waals surface area contributed by atoms with E-state index in [-0.39, 0.29) is 5.97 Å². The van der Waals surface area contributed by atoms with Crippen LogP contribution in [-0.2, 0) is 11.8 Å². The molecule has 3 aromatic rings. The van der Waals surface area contributed by atoms with Crippen molar-refractivity contribution in [3.8, 4) is 0 Å². The molecule has 0 radical (unpaired) electrons. The highest BCUT2D eigenvalue weighted by molar-refractivity contribution is 6.08. The molecular weight excluding hydrogens is 228 g/mol. The van der Waals surface area contributed by atoms with Crippen molar-refractivity contribution in [1.82, 2.24) is 9.55 Å². The second-order valence-electron chi connectivity index (χ2n) is 4.24. The van der Waals surface area contributed by atoms with Crippen molar-refractivity contribution in [3.05, 3.63) is 36.0 Å². The topological polar surface area (TPSA) is 47.0 Å². The van der Waals surface area contributed by atoms with E-state index in [1.54, 1.807) is 6.92 Å². The van der Waals surface area contributed by atoms with Crippen molar-refractivity contribution in [1.29, 1.82) is 0 Å². The Balaban J connectivity index is 2.24. The molecule has 2 heterocycles. The molecule has 92 valence electrons. The van der Waals surface area contributed by atoms with Crippen molar-refractivity contribution < 1.29 is 9.53 Å². The van der Waals surface area contributed by atoms with Crippen molar-refractivity contribution in [2.75, 3.05) is 6.61 Å². The van der Waals surface area contributed by atoms with Crippen LogP contribution in [0.25, 0.3) is 21.9 Å². The monoisotopic (exact) mass is 242 g/mol. The molecule has 0 fully saturated rings. The number of benzene rings is 1. The normalized spacial score (nSPS) is 11.2. The Labute approximate surface area is 104 Å². The third-order valence-electron chi connectivity index (χ3n) is 3.19. The summed E-state index contributed by atoms with van der Waals surface area (Å²) in [6.07, 6.45) is 0. The average Bonchev–Trinajstić information content (AvgIpc) is 2.91. The van der Waals surface area contributed by atoms with Gasteiger partial charge in [0.25, 0.3) is 0 Å². The van der Waals surface area contributed by atoms with E-state index in [2.05, 4.69) is 15.6 Å². The number of nitrogens with one attached hydrogen (secondary N) is 1. The Bertz CT molecular complexity index is 737. The van der Waals surface area contributed by atoms with Crippen molar-refractivity contribution in [3.63, 3.8) is 0 Å². The molecular formula is C14H14N2O2. The van der Waals surface area contributed by atoms with Gasteiger partial charge in [-0.3, -0.25) is 0 Å². The number of hydrogen-bond acceptors (Lipinski definition) is 2. The Morgan fingerprint density at radius 3 is 2.89 bits per heavy atom. The summed E-state index contributed by atoms with van der Waals surface area (Å²) in [5, 5.41) is 1.12. The van der Waals surface area contributed by atoms with Crippen molar-refractivity contribution in [2.24, 2.45) is 7.05 Å². The first kappa shape index (κ1) is 10.9. The fraction of sp³-hybridized carbons (Fsp3) is 0.214. The van der Waals surface area contributed by atoms with Gasteiger partial charge in [-0.2, -0.15) is 0 Å². The predicted octanol–water partition coefficient (Wildman–Crippen LogP) is 2.84. The second kappa shape index (κ2) is 3.91. The maximum Gasteiger partial charge on any atom is 0.354 e. The molecule has 0 saturated heterocycles. The summed E-state index contributed by atoms with van der Waals surface area (Å²) in [5.74, 6) is -0.308. The third-order valence-corrected chi connectivity index (χ3v) is 3.19. The summed E-state index contributed by atoms with van der Waals surface area (Å²) in [4.78, 5) is 14.8. The van der Waals surface area contributed by atoms with Crippen LogP contribution in [0.1, 0.15) is 17.4 Å². The smallest absolute Gasteiger partial charge is 0.354 e. The standard InChI is InChI=1S/C14H14N2O2/c1-3-18-14(17)10-8-12-13(15-10)9-6-4-5-7-11(9)16(12)2/h4-8,15H,3H2,1-2H3. The number of carbonyl (C=O) groups excluding carboxylic acids is 1. The zero-order chi connectivity index (χ0) is 12.7. The number of carbonyl (C=O) groups is 1. The molecule has 0 unspecified atom stereocenters. The van der Waals surface area contributed by atoms with Crippen LogP contribution >= 0.6 is 0 Å². The van der Waals surface area contributed by atoms with Gasteiger partial charge in [-0.1, -0.05) is 18.2 Å². The molecule has 0 spiro atoms. The molecule has 4 heteroatoms. The van der Waals surface area contributed by atoms with E-state index in [9.17, 15) is 4.79 Å². The van der Waals surface area contributed by atoms with E-state index in [1.807, 2.05) is 31.3 Å². The first-order valence-corrected chi connectivity index (χ1v) is 5.95. The quantitative estimate of drug-likeness (QED) is 0.702. The van der Waals surface area contributed by atoms with Crippen molar-refractivity contribution >= 4 is 27.9 Å². The molecule has 0 atom stereocenters. The number of aryl methyl sites for hydroxylation is 1. The Kier molecular flexibility index (Phi) is 2.37. The van der Waals surface area contributed by atoms with Crippen LogP contribution in [0.2, 0.25) is 0 Å². The zero-order valence-corrected chi connectivity index (χ0v) is 10.4. The van der Waals surface area contributed by atoms with E-state index >= 15 is 0 Å². The number of aromatic nitrogens is 2. The van der Waals surface area contributed by atoms with Gasteiger partial charge >= 0.3 is 5.97 Å². The molecule has 18 heavy (non-hydrogen) atoms. The highest BCUT2D eigenvalue weighted by Gasteiger charge is 2.15. The number of fused-ring (bicyclic) bond motifs is 3. The van der Waals surface area contributed by atoms with E-state index in [1.165, 1.54) is 0 Å². The van der Waals surface area contributed by atoms with E-state index in [0.29, 0.717) is 12.3 Å². The van der Waals surface area contributed by atoms with Gasteiger partial charge in [0.1, 0.15) is 5.69 Å². The minimum atomic E-state index is -0.308. The van der Waals surface area contributed by atoms with Gasteiger partial charge in [0.2, 0.25) is 0 Å². The summed E-state index contributed by atoms with van der Waals surface area (Å²) in [5.41, 5.74) is 3.65. The van der Waals surface area contributed by atoms with E-state index in [0.717, 1.165) is 21.9 Å². The minimum absolute atomic E-state index is 0.308. The lowest BCUT2D eigenvalue weighted by Crippen LogP contribution is -2.04. The maximum atomic E-state index is 11.7. The molecule has 1 aromatic carbocycles. The van der Waals surface area contributed by atoms with Crippen LogP contribution in [-0.4, -0.2) is 22.1 Å². The molecule has 0 saturated carbocycles. The van der Waals surface area contributed by atoms with E-state index in [4.69, 9.17) is 4.74 Å². The van der Waals surface area contributed by atoms with Crippen molar-refractivity contribution in [2.45, 2.75) is 6.92 Å². The van der Waals surface area contributed by atoms with Crippen LogP contribution < -0.4 is 0 Å². The number of nitrogens with zero attached hydrogens (tertiary/aromatic N) is 1. The number of aromatic amines is 1. The number of esters is 1. The van der Waals surface area contributed by atoms with Gasteiger partial charge in [0, 0.05) is 12.4 Å². The lowest BCUT2D eigenvalue weighted by atomic mass is 10.2. The zero-order valence-electron chi connectivity index (χ0n) is 10.4. The molecule has 0 aliphatic heterocycles. The SMILES string of the molecule is CCOC(=O)c1cc2c([nH]1)c1ccccc1n2C. The number of H-pyrrole nitrogens is 1. The third kappa shape index (κ3) is 1.42. The van der Waals surface area contributed by atoms with Gasteiger partial charge < -0.3 is 14.3 Å². The summed E-state index contributed by atoms with van der Waals surface area (Å²) in [6.45, 7) is 2.19. The number of rotatable bonds is 2. The van der Waals surface area contributed by atoms with Crippen LogP contribution in [0, 0.1) is 0 Å². The van der Waals surface area contributed by atoms with Gasteiger partial charge in [-0.25, -0.2) is 4.79 Å². The molecule has 0 amide bonds. The van der Waals surface area contributed by atoms with Crippen LogP contribution in [0.15, 0.2) is 30.3 Å². The van der Waals surface area contributed by atoms with Gasteiger partial charge in [0.05, 0.1) is 23.2 Å². The molecule has 4 nitrogen and oxygen atoms in total. The summed E-state index contributed by atoms with van der Waals surface area (Å²) >= 11 is 0. The molecule has 3 rings (SSSR count). The first-order valence-electron chi connectivity index (χ1n) is 5.95. The number of hydrogen-bond donors (Lipinski definition) is 1.